The van der Waals surface area contributed by atoms with E-state index in [1.807, 2.05) is 31.2 Å². The molecular formula is C14H11ClN2O2S2. The van der Waals surface area contributed by atoms with Crippen molar-refractivity contribution in [3.8, 4) is 0 Å². The monoisotopic (exact) mass is 338 g/mol. The minimum Gasteiger partial charge on any atom is -0.276 e. The van der Waals surface area contributed by atoms with Crippen LogP contribution in [0.2, 0.25) is 4.34 Å². The average molecular weight is 339 g/mol. The Hall–Kier alpha value is -1.63. The highest BCUT2D eigenvalue weighted by Gasteiger charge is 2.19. The number of anilines is 1. The second-order valence-electron chi connectivity index (χ2n) is 4.50. The fourth-order valence-electron chi connectivity index (χ4n) is 2.00. The van der Waals surface area contributed by atoms with E-state index in [0.717, 1.165) is 22.3 Å². The van der Waals surface area contributed by atoms with E-state index >= 15 is 0 Å². The van der Waals surface area contributed by atoms with Crippen LogP contribution in [-0.2, 0) is 10.0 Å². The van der Waals surface area contributed by atoms with Gasteiger partial charge < -0.3 is 0 Å². The Kier molecular flexibility index (Phi) is 3.61. The van der Waals surface area contributed by atoms with Crippen molar-refractivity contribution in [3.05, 3.63) is 52.5 Å². The number of rotatable bonds is 3. The number of aryl methyl sites for hydroxylation is 1. The quantitative estimate of drug-likeness (QED) is 0.783. The van der Waals surface area contributed by atoms with Crippen LogP contribution in [0.25, 0.3) is 10.9 Å². The predicted molar refractivity (Wildman–Crippen MR) is 86.6 cm³/mol. The van der Waals surface area contributed by atoms with Crippen molar-refractivity contribution in [1.29, 1.82) is 0 Å². The number of nitrogens with zero attached hydrogens (tertiary/aromatic N) is 1. The van der Waals surface area contributed by atoms with Crippen LogP contribution < -0.4 is 4.72 Å². The average Bonchev–Trinajstić information content (AvgIpc) is 2.90. The van der Waals surface area contributed by atoms with Crippen molar-refractivity contribution in [2.75, 3.05) is 4.72 Å². The molecule has 0 atom stereocenters. The molecular weight excluding hydrogens is 328 g/mol. The first-order chi connectivity index (χ1) is 9.97. The van der Waals surface area contributed by atoms with Crippen LogP contribution in [0.5, 0.6) is 0 Å². The van der Waals surface area contributed by atoms with Crippen LogP contribution in [0, 0.1) is 6.92 Å². The van der Waals surface area contributed by atoms with Gasteiger partial charge in [-0.2, -0.15) is 0 Å². The third-order valence-corrected chi connectivity index (χ3v) is 6.11. The van der Waals surface area contributed by atoms with E-state index in [2.05, 4.69) is 9.71 Å². The number of hydrogen-bond donors (Lipinski definition) is 1. The molecule has 2 aromatic heterocycles. The van der Waals surface area contributed by atoms with E-state index in [4.69, 9.17) is 11.6 Å². The molecule has 108 valence electrons. The Morgan fingerprint density at radius 2 is 2.00 bits per heavy atom. The molecule has 0 aliphatic rings. The molecule has 0 amide bonds. The SMILES string of the molecule is Cc1ccc2cccnc2c1NS(=O)(=O)c1ccc(Cl)s1. The van der Waals surface area contributed by atoms with Crippen LogP contribution in [0.1, 0.15) is 5.56 Å². The van der Waals surface area contributed by atoms with E-state index in [1.54, 1.807) is 12.3 Å². The van der Waals surface area contributed by atoms with E-state index in [0.29, 0.717) is 15.5 Å². The molecule has 0 spiro atoms. The lowest BCUT2D eigenvalue weighted by Crippen LogP contribution is -2.13. The molecule has 0 radical (unpaired) electrons. The highest BCUT2D eigenvalue weighted by atomic mass is 35.5. The predicted octanol–water partition coefficient (Wildman–Crippen LogP) is 4.06. The van der Waals surface area contributed by atoms with Crippen molar-refractivity contribution in [2.45, 2.75) is 11.1 Å². The van der Waals surface area contributed by atoms with E-state index in [1.165, 1.54) is 6.07 Å². The lowest BCUT2D eigenvalue weighted by molar-refractivity contribution is 0.603. The van der Waals surface area contributed by atoms with Gasteiger partial charge in [-0.05, 0) is 30.7 Å². The summed E-state index contributed by atoms with van der Waals surface area (Å²) in [6, 6.07) is 10.5. The van der Waals surface area contributed by atoms with Crippen LogP contribution >= 0.6 is 22.9 Å². The second-order valence-corrected chi connectivity index (χ2v) is 8.12. The van der Waals surface area contributed by atoms with Gasteiger partial charge in [0.25, 0.3) is 10.0 Å². The zero-order valence-electron chi connectivity index (χ0n) is 11.0. The molecule has 3 aromatic rings. The number of benzene rings is 1. The number of sulfonamides is 1. The van der Waals surface area contributed by atoms with Gasteiger partial charge in [-0.3, -0.25) is 9.71 Å². The van der Waals surface area contributed by atoms with Crippen LogP contribution in [0.3, 0.4) is 0 Å². The van der Waals surface area contributed by atoms with Crippen LogP contribution in [0.15, 0.2) is 46.8 Å². The highest BCUT2D eigenvalue weighted by Crippen LogP contribution is 2.31. The Morgan fingerprint density at radius 3 is 2.71 bits per heavy atom. The van der Waals surface area contributed by atoms with Crippen molar-refractivity contribution < 1.29 is 8.42 Å². The van der Waals surface area contributed by atoms with Gasteiger partial charge in [0.05, 0.1) is 15.5 Å². The topological polar surface area (TPSA) is 59.1 Å². The molecule has 0 fully saturated rings. The van der Waals surface area contributed by atoms with Crippen LogP contribution in [0.4, 0.5) is 5.69 Å². The van der Waals surface area contributed by atoms with Crippen molar-refractivity contribution in [3.63, 3.8) is 0 Å². The van der Waals surface area contributed by atoms with Gasteiger partial charge in [0, 0.05) is 11.6 Å². The summed E-state index contributed by atoms with van der Waals surface area (Å²) < 4.78 is 28.1. The highest BCUT2D eigenvalue weighted by molar-refractivity contribution is 7.94. The van der Waals surface area contributed by atoms with E-state index < -0.39 is 10.0 Å². The lowest BCUT2D eigenvalue weighted by Gasteiger charge is -2.11. The first kappa shape index (κ1) is 14.3. The van der Waals surface area contributed by atoms with E-state index in [9.17, 15) is 8.42 Å². The molecule has 2 heterocycles. The number of aromatic nitrogens is 1. The third-order valence-electron chi connectivity index (χ3n) is 3.03. The van der Waals surface area contributed by atoms with Gasteiger partial charge in [0.2, 0.25) is 0 Å². The zero-order chi connectivity index (χ0) is 15.0. The fraction of sp³-hybridized carbons (Fsp3) is 0.0714. The molecule has 1 N–H and O–H groups in total. The largest absolute Gasteiger partial charge is 0.276 e. The summed E-state index contributed by atoms with van der Waals surface area (Å²) in [5.74, 6) is 0. The molecule has 0 aliphatic heterocycles. The maximum atomic E-state index is 12.4. The first-order valence-corrected chi connectivity index (χ1v) is 8.77. The van der Waals surface area contributed by atoms with Gasteiger partial charge in [0.1, 0.15) is 4.21 Å². The molecule has 0 saturated heterocycles. The Labute approximate surface area is 131 Å². The maximum absolute atomic E-state index is 12.4. The Bertz CT molecular complexity index is 920. The number of thiophene rings is 1. The molecule has 3 rings (SSSR count). The van der Waals surface area contributed by atoms with Crippen molar-refractivity contribution >= 4 is 49.6 Å². The summed E-state index contributed by atoms with van der Waals surface area (Å²) >= 11 is 6.83. The molecule has 0 bridgehead atoms. The van der Waals surface area contributed by atoms with Crippen LogP contribution in [-0.4, -0.2) is 13.4 Å². The molecule has 0 saturated carbocycles. The number of fused-ring (bicyclic) bond motifs is 1. The lowest BCUT2D eigenvalue weighted by atomic mass is 10.1. The minimum atomic E-state index is -3.66. The Morgan fingerprint density at radius 1 is 1.19 bits per heavy atom. The second kappa shape index (κ2) is 5.29. The van der Waals surface area contributed by atoms with Crippen molar-refractivity contribution in [2.24, 2.45) is 0 Å². The molecule has 0 aliphatic carbocycles. The summed E-state index contributed by atoms with van der Waals surface area (Å²) in [4.78, 5) is 4.28. The fourth-order valence-corrected chi connectivity index (χ4v) is 4.62. The summed E-state index contributed by atoms with van der Waals surface area (Å²) in [5, 5.41) is 0.880. The summed E-state index contributed by atoms with van der Waals surface area (Å²) in [6.45, 7) is 1.84. The van der Waals surface area contributed by atoms with Gasteiger partial charge >= 0.3 is 0 Å². The molecule has 4 nitrogen and oxygen atoms in total. The maximum Gasteiger partial charge on any atom is 0.271 e. The Balaban J connectivity index is 2.12. The molecule has 1 aromatic carbocycles. The number of pyridine rings is 1. The van der Waals surface area contributed by atoms with Gasteiger partial charge in [-0.15, -0.1) is 11.3 Å². The number of nitrogens with one attached hydrogen (secondary N) is 1. The van der Waals surface area contributed by atoms with Gasteiger partial charge in [-0.25, -0.2) is 8.42 Å². The smallest absolute Gasteiger partial charge is 0.271 e. The summed E-state index contributed by atoms with van der Waals surface area (Å²) in [6.07, 6.45) is 1.64. The minimum absolute atomic E-state index is 0.180. The first-order valence-electron chi connectivity index (χ1n) is 6.10. The normalized spacial score (nSPS) is 11.7. The van der Waals surface area contributed by atoms with E-state index in [-0.39, 0.29) is 4.21 Å². The third kappa shape index (κ3) is 2.74. The summed E-state index contributed by atoms with van der Waals surface area (Å²) in [7, 11) is -3.66. The van der Waals surface area contributed by atoms with Gasteiger partial charge in [0.15, 0.2) is 0 Å². The zero-order valence-corrected chi connectivity index (χ0v) is 13.4. The van der Waals surface area contributed by atoms with Gasteiger partial charge in [-0.1, -0.05) is 29.8 Å². The molecule has 7 heteroatoms. The number of hydrogen-bond acceptors (Lipinski definition) is 4. The standard InChI is InChI=1S/C14H11ClN2O2S2/c1-9-4-5-10-3-2-8-16-14(10)13(9)17-21(18,19)12-7-6-11(15)20-12/h2-8,17H,1H3. The molecule has 0 unspecified atom stereocenters. The number of halogens is 1. The molecule has 21 heavy (non-hydrogen) atoms. The van der Waals surface area contributed by atoms with Crippen molar-refractivity contribution in [1.82, 2.24) is 4.98 Å². The summed E-state index contributed by atoms with van der Waals surface area (Å²) in [5.41, 5.74) is 1.94.